The summed E-state index contributed by atoms with van der Waals surface area (Å²) >= 11 is 6.10. The first-order valence-electron chi connectivity index (χ1n) is 9.77. The number of guanidine groups is 1. The summed E-state index contributed by atoms with van der Waals surface area (Å²) in [4.78, 5) is 8.80. The number of rotatable bonds is 6. The average molecular weight is 422 g/mol. The van der Waals surface area contributed by atoms with Crippen LogP contribution in [0.15, 0.2) is 41.5 Å². The molecule has 1 aliphatic heterocycles. The summed E-state index contributed by atoms with van der Waals surface area (Å²) in [6.45, 7) is 4.31. The van der Waals surface area contributed by atoms with Crippen LogP contribution < -0.4 is 5.32 Å². The van der Waals surface area contributed by atoms with E-state index in [0.29, 0.717) is 26.3 Å². The molecule has 158 valence electrons. The molecule has 1 fully saturated rings. The van der Waals surface area contributed by atoms with E-state index in [0.717, 1.165) is 35.3 Å². The Morgan fingerprint density at radius 2 is 2.10 bits per heavy atom. The lowest BCUT2D eigenvalue weighted by atomic mass is 10.0. The highest BCUT2D eigenvalue weighted by Gasteiger charge is 2.24. The molecule has 1 aromatic carbocycles. The van der Waals surface area contributed by atoms with Gasteiger partial charge in [0.15, 0.2) is 5.96 Å². The summed E-state index contributed by atoms with van der Waals surface area (Å²) in [6.07, 6.45) is 1.89. The Labute approximate surface area is 176 Å². The molecule has 8 heteroatoms. The Kier molecular flexibility index (Phi) is 7.52. The van der Waals surface area contributed by atoms with Gasteiger partial charge in [-0.05, 0) is 23.8 Å². The molecule has 2 aromatic rings. The molecule has 6 nitrogen and oxygen atoms in total. The zero-order valence-electron chi connectivity index (χ0n) is 17.2. The number of aromatic nitrogens is 1. The maximum atomic E-state index is 13.9. The molecule has 1 aliphatic rings. The molecule has 1 saturated heterocycles. The molecule has 2 heterocycles. The maximum absolute atomic E-state index is 13.9. The fourth-order valence-corrected chi connectivity index (χ4v) is 3.95. The lowest BCUT2D eigenvalue weighted by Gasteiger charge is -2.35. The molecule has 3 rings (SSSR count). The van der Waals surface area contributed by atoms with Crippen molar-refractivity contribution in [2.45, 2.75) is 12.6 Å². The van der Waals surface area contributed by atoms with Crippen molar-refractivity contribution in [1.82, 2.24) is 19.7 Å². The molecule has 0 aliphatic carbocycles. The first kappa shape index (κ1) is 21.6. The predicted octanol–water partition coefficient (Wildman–Crippen LogP) is 2.90. The van der Waals surface area contributed by atoms with Crippen LogP contribution in [0.4, 0.5) is 4.39 Å². The lowest BCUT2D eigenvalue weighted by Crippen LogP contribution is -2.46. The van der Waals surface area contributed by atoms with Crippen LogP contribution >= 0.6 is 11.6 Å². The van der Waals surface area contributed by atoms with E-state index in [-0.39, 0.29) is 11.9 Å². The number of nitrogens with zero attached hydrogens (tertiary/aromatic N) is 4. The largest absolute Gasteiger partial charge is 0.379 e. The average Bonchev–Trinajstić information content (AvgIpc) is 3.02. The van der Waals surface area contributed by atoms with Gasteiger partial charge in [-0.2, -0.15) is 0 Å². The molecule has 0 saturated carbocycles. The summed E-state index contributed by atoms with van der Waals surface area (Å²) in [6, 6.07) is 8.81. The van der Waals surface area contributed by atoms with Crippen molar-refractivity contribution >= 4 is 17.6 Å². The Bertz CT molecular complexity index is 834. The van der Waals surface area contributed by atoms with Gasteiger partial charge in [0.25, 0.3) is 0 Å². The number of hydrogen-bond acceptors (Lipinski definition) is 3. The summed E-state index contributed by atoms with van der Waals surface area (Å²) in [5.74, 6) is 0.555. The molecular formula is C21H29ClFN5O. The van der Waals surface area contributed by atoms with Gasteiger partial charge in [0.05, 0.1) is 30.8 Å². The molecule has 0 spiro atoms. The minimum Gasteiger partial charge on any atom is -0.379 e. The SMILES string of the molecule is CN=C(NCC(c1cccc(F)c1)N1CCOCC1)N(C)Cc1cc(Cl)cn1C. The van der Waals surface area contributed by atoms with Gasteiger partial charge in [0.1, 0.15) is 5.82 Å². The molecule has 1 aromatic heterocycles. The van der Waals surface area contributed by atoms with Crippen molar-refractivity contribution in [2.24, 2.45) is 12.0 Å². The van der Waals surface area contributed by atoms with E-state index in [9.17, 15) is 4.39 Å². The standard InChI is InChI=1S/C21H29ClFN5O/c1-24-21(27(3)15-19-12-17(22)14-26(19)2)25-13-20(28-7-9-29-10-8-28)16-5-4-6-18(23)11-16/h4-6,11-12,14,20H,7-10,13,15H2,1-3H3,(H,24,25). The number of ether oxygens (including phenoxy) is 1. The number of hydrogen-bond donors (Lipinski definition) is 1. The third-order valence-electron chi connectivity index (χ3n) is 5.22. The van der Waals surface area contributed by atoms with Crippen LogP contribution in [-0.4, -0.2) is 67.3 Å². The number of nitrogens with one attached hydrogen (secondary N) is 1. The molecule has 0 amide bonds. The van der Waals surface area contributed by atoms with Crippen molar-refractivity contribution in [3.05, 3.63) is 58.6 Å². The number of aryl methyl sites for hydroxylation is 1. The fraction of sp³-hybridized carbons (Fsp3) is 0.476. The number of morpholine rings is 1. The van der Waals surface area contributed by atoms with Crippen LogP contribution in [0.2, 0.25) is 5.02 Å². The van der Waals surface area contributed by atoms with E-state index in [1.54, 1.807) is 19.2 Å². The van der Waals surface area contributed by atoms with Gasteiger partial charge in [0.2, 0.25) is 0 Å². The highest BCUT2D eigenvalue weighted by molar-refractivity contribution is 6.30. The molecule has 0 radical (unpaired) electrons. The first-order valence-corrected chi connectivity index (χ1v) is 10.2. The minimum atomic E-state index is -0.220. The highest BCUT2D eigenvalue weighted by Crippen LogP contribution is 2.22. The van der Waals surface area contributed by atoms with Gasteiger partial charge in [-0.3, -0.25) is 9.89 Å². The second kappa shape index (κ2) is 10.1. The summed E-state index contributed by atoms with van der Waals surface area (Å²) in [5.41, 5.74) is 2.04. The zero-order valence-corrected chi connectivity index (χ0v) is 18.0. The Hall–Kier alpha value is -2.09. The molecule has 1 N–H and O–H groups in total. The normalized spacial score (nSPS) is 16.7. The maximum Gasteiger partial charge on any atom is 0.193 e. The van der Waals surface area contributed by atoms with Crippen LogP contribution in [0.3, 0.4) is 0 Å². The fourth-order valence-electron chi connectivity index (χ4n) is 3.67. The lowest BCUT2D eigenvalue weighted by molar-refractivity contribution is 0.0168. The summed E-state index contributed by atoms with van der Waals surface area (Å²) < 4.78 is 21.4. The first-order chi connectivity index (χ1) is 14.0. The van der Waals surface area contributed by atoms with E-state index in [1.807, 2.05) is 41.9 Å². The van der Waals surface area contributed by atoms with E-state index < -0.39 is 0 Å². The smallest absolute Gasteiger partial charge is 0.193 e. The van der Waals surface area contributed by atoms with Crippen LogP contribution in [0.25, 0.3) is 0 Å². The van der Waals surface area contributed by atoms with Crippen LogP contribution in [0, 0.1) is 5.82 Å². The van der Waals surface area contributed by atoms with Crippen molar-refractivity contribution in [1.29, 1.82) is 0 Å². The quantitative estimate of drug-likeness (QED) is 0.575. The van der Waals surface area contributed by atoms with Crippen molar-refractivity contribution < 1.29 is 9.13 Å². The van der Waals surface area contributed by atoms with Gasteiger partial charge in [-0.25, -0.2) is 4.39 Å². The predicted molar refractivity (Wildman–Crippen MR) is 115 cm³/mol. The van der Waals surface area contributed by atoms with Crippen LogP contribution in [-0.2, 0) is 18.3 Å². The molecule has 0 bridgehead atoms. The van der Waals surface area contributed by atoms with E-state index in [4.69, 9.17) is 16.3 Å². The molecule has 29 heavy (non-hydrogen) atoms. The van der Waals surface area contributed by atoms with Gasteiger partial charge in [-0.15, -0.1) is 0 Å². The van der Waals surface area contributed by atoms with Gasteiger partial charge >= 0.3 is 0 Å². The second-order valence-corrected chi connectivity index (χ2v) is 7.70. The van der Waals surface area contributed by atoms with E-state index >= 15 is 0 Å². The Morgan fingerprint density at radius 3 is 2.72 bits per heavy atom. The summed E-state index contributed by atoms with van der Waals surface area (Å²) in [5, 5.41) is 4.18. The van der Waals surface area contributed by atoms with E-state index in [1.165, 1.54) is 6.07 Å². The van der Waals surface area contributed by atoms with Crippen molar-refractivity contribution in [3.63, 3.8) is 0 Å². The second-order valence-electron chi connectivity index (χ2n) is 7.26. The van der Waals surface area contributed by atoms with Gasteiger partial charge in [-0.1, -0.05) is 23.7 Å². The Morgan fingerprint density at radius 1 is 1.34 bits per heavy atom. The minimum absolute atomic E-state index is 0.0317. The molecular weight excluding hydrogens is 393 g/mol. The monoisotopic (exact) mass is 421 g/mol. The molecule has 1 unspecified atom stereocenters. The van der Waals surface area contributed by atoms with E-state index in [2.05, 4.69) is 15.2 Å². The number of halogens is 2. The van der Waals surface area contributed by atoms with Crippen LogP contribution in [0.5, 0.6) is 0 Å². The number of aliphatic imine (C=N–C) groups is 1. The number of benzene rings is 1. The van der Waals surface area contributed by atoms with Gasteiger partial charge < -0.3 is 19.5 Å². The van der Waals surface area contributed by atoms with Gasteiger partial charge in [0, 0.05) is 52.7 Å². The third kappa shape index (κ3) is 5.72. The van der Waals surface area contributed by atoms with Crippen molar-refractivity contribution in [2.75, 3.05) is 46.9 Å². The zero-order chi connectivity index (χ0) is 20.8. The Balaban J connectivity index is 1.70. The third-order valence-corrected chi connectivity index (χ3v) is 5.43. The van der Waals surface area contributed by atoms with Crippen molar-refractivity contribution in [3.8, 4) is 0 Å². The van der Waals surface area contributed by atoms with Crippen LogP contribution in [0.1, 0.15) is 17.3 Å². The summed E-state index contributed by atoms with van der Waals surface area (Å²) in [7, 11) is 5.73. The molecule has 1 atom stereocenters. The highest BCUT2D eigenvalue weighted by atomic mass is 35.5. The topological polar surface area (TPSA) is 45.0 Å².